The Bertz CT molecular complexity index is 341. The van der Waals surface area contributed by atoms with Crippen LogP contribution in [0.1, 0.15) is 0 Å². The van der Waals surface area contributed by atoms with Crippen molar-refractivity contribution in [2.45, 2.75) is 0 Å². The smallest absolute Gasteiger partial charge is 0.177 e. The van der Waals surface area contributed by atoms with E-state index in [4.69, 9.17) is 16.3 Å². The molecule has 0 saturated heterocycles. The highest BCUT2D eigenvalue weighted by Gasteiger charge is 2.07. The van der Waals surface area contributed by atoms with Gasteiger partial charge in [0.25, 0.3) is 0 Å². The lowest BCUT2D eigenvalue weighted by molar-refractivity contribution is 0.388. The number of halogens is 2. The highest BCUT2D eigenvalue weighted by molar-refractivity contribution is 6.29. The van der Waals surface area contributed by atoms with Crippen molar-refractivity contribution in [2.24, 2.45) is 0 Å². The van der Waals surface area contributed by atoms with Gasteiger partial charge >= 0.3 is 0 Å². The van der Waals surface area contributed by atoms with Crippen LogP contribution in [0.25, 0.3) is 0 Å². The van der Waals surface area contributed by atoms with E-state index in [-0.39, 0.29) is 5.75 Å². The molecule has 0 atom stereocenters. The van der Waals surface area contributed by atoms with Gasteiger partial charge in [-0.25, -0.2) is 4.39 Å². The Labute approximate surface area is 87.3 Å². The highest BCUT2D eigenvalue weighted by Crippen LogP contribution is 2.27. The zero-order valence-electron chi connectivity index (χ0n) is 7.81. The van der Waals surface area contributed by atoms with Gasteiger partial charge in [0.1, 0.15) is 0 Å². The number of hydrogen-bond donors (Lipinski definition) is 1. The molecule has 0 aromatic heterocycles. The van der Waals surface area contributed by atoms with E-state index in [0.717, 1.165) is 0 Å². The highest BCUT2D eigenvalue weighted by atomic mass is 35.5. The summed E-state index contributed by atoms with van der Waals surface area (Å²) in [5, 5.41) is 3.36. The van der Waals surface area contributed by atoms with Crippen molar-refractivity contribution < 1.29 is 9.13 Å². The van der Waals surface area contributed by atoms with Gasteiger partial charge in [-0.05, 0) is 12.1 Å². The van der Waals surface area contributed by atoms with E-state index < -0.39 is 5.82 Å². The maximum atomic E-state index is 13.2. The maximum absolute atomic E-state index is 13.2. The van der Waals surface area contributed by atoms with Gasteiger partial charge < -0.3 is 10.1 Å². The lowest BCUT2D eigenvalue weighted by Crippen LogP contribution is -2.03. The summed E-state index contributed by atoms with van der Waals surface area (Å²) in [7, 11) is 1.42. The molecule has 0 bridgehead atoms. The summed E-state index contributed by atoms with van der Waals surface area (Å²) in [6, 6.07) is 4.64. The zero-order chi connectivity index (χ0) is 10.6. The largest absolute Gasteiger partial charge is 0.492 e. The first-order valence-electron chi connectivity index (χ1n) is 4.05. The van der Waals surface area contributed by atoms with Crippen molar-refractivity contribution in [1.29, 1.82) is 0 Å². The molecular formula is C10H11ClFNO. The van der Waals surface area contributed by atoms with Gasteiger partial charge in [-0.3, -0.25) is 0 Å². The molecule has 0 fully saturated rings. The Morgan fingerprint density at radius 2 is 2.36 bits per heavy atom. The van der Waals surface area contributed by atoms with Crippen LogP contribution in [-0.2, 0) is 0 Å². The molecular weight excluding hydrogens is 205 g/mol. The fraction of sp³-hybridized carbons (Fsp3) is 0.200. The Morgan fingerprint density at radius 3 is 2.93 bits per heavy atom. The summed E-state index contributed by atoms with van der Waals surface area (Å²) >= 11 is 5.57. The monoisotopic (exact) mass is 215 g/mol. The van der Waals surface area contributed by atoms with Crippen LogP contribution in [0.4, 0.5) is 10.1 Å². The molecule has 1 aromatic carbocycles. The van der Waals surface area contributed by atoms with Crippen LogP contribution in [0.5, 0.6) is 5.75 Å². The Morgan fingerprint density at radius 1 is 1.64 bits per heavy atom. The summed E-state index contributed by atoms with van der Waals surface area (Å²) in [5.41, 5.74) is 0.564. The van der Waals surface area contributed by atoms with Crippen molar-refractivity contribution in [1.82, 2.24) is 0 Å². The van der Waals surface area contributed by atoms with Gasteiger partial charge in [0.2, 0.25) is 0 Å². The molecule has 0 aliphatic carbocycles. The van der Waals surface area contributed by atoms with Crippen molar-refractivity contribution in [3.8, 4) is 5.75 Å². The number of rotatable bonds is 4. The molecule has 0 saturated carbocycles. The van der Waals surface area contributed by atoms with Gasteiger partial charge in [-0.15, -0.1) is 0 Å². The molecule has 14 heavy (non-hydrogen) atoms. The van der Waals surface area contributed by atoms with Gasteiger partial charge in [0.15, 0.2) is 11.6 Å². The fourth-order valence-corrected chi connectivity index (χ4v) is 1.11. The Hall–Kier alpha value is -1.22. The Kier molecular flexibility index (Phi) is 3.77. The van der Waals surface area contributed by atoms with E-state index >= 15 is 0 Å². The average molecular weight is 216 g/mol. The van der Waals surface area contributed by atoms with E-state index in [2.05, 4.69) is 11.9 Å². The van der Waals surface area contributed by atoms with Gasteiger partial charge in [-0.2, -0.15) is 0 Å². The second-order valence-corrected chi connectivity index (χ2v) is 3.23. The predicted molar refractivity (Wildman–Crippen MR) is 56.4 cm³/mol. The average Bonchev–Trinajstić information content (AvgIpc) is 2.14. The van der Waals surface area contributed by atoms with Gasteiger partial charge in [0, 0.05) is 5.03 Å². The van der Waals surface area contributed by atoms with Crippen LogP contribution < -0.4 is 10.1 Å². The molecule has 4 heteroatoms. The van der Waals surface area contributed by atoms with Gasteiger partial charge in [-0.1, -0.05) is 24.2 Å². The Balaban J connectivity index is 2.85. The van der Waals surface area contributed by atoms with Crippen LogP contribution in [0.15, 0.2) is 29.8 Å². The van der Waals surface area contributed by atoms with Crippen LogP contribution in [0.3, 0.4) is 0 Å². The first-order valence-corrected chi connectivity index (χ1v) is 4.42. The molecule has 2 nitrogen and oxygen atoms in total. The summed E-state index contributed by atoms with van der Waals surface area (Å²) < 4.78 is 18.1. The number of nitrogens with one attached hydrogen (secondary N) is 1. The lowest BCUT2D eigenvalue weighted by atomic mass is 10.3. The van der Waals surface area contributed by atoms with Crippen LogP contribution in [0, 0.1) is 5.82 Å². The minimum absolute atomic E-state index is 0.186. The van der Waals surface area contributed by atoms with Crippen LogP contribution >= 0.6 is 11.6 Å². The molecule has 0 amide bonds. The first kappa shape index (κ1) is 10.9. The van der Waals surface area contributed by atoms with E-state index in [1.54, 1.807) is 12.1 Å². The molecule has 0 radical (unpaired) electrons. The minimum Gasteiger partial charge on any atom is -0.492 e. The van der Waals surface area contributed by atoms with E-state index in [1.165, 1.54) is 13.2 Å². The molecule has 0 heterocycles. The van der Waals surface area contributed by atoms with Crippen LogP contribution in [0.2, 0.25) is 0 Å². The third kappa shape index (κ3) is 2.64. The topological polar surface area (TPSA) is 21.3 Å². The minimum atomic E-state index is -0.405. The molecule has 0 aliphatic heterocycles. The number of para-hydroxylation sites is 1. The number of ether oxygens (including phenoxy) is 1. The van der Waals surface area contributed by atoms with E-state index in [9.17, 15) is 4.39 Å². The summed E-state index contributed by atoms with van der Waals surface area (Å²) in [6.07, 6.45) is 0. The number of hydrogen-bond acceptors (Lipinski definition) is 2. The summed E-state index contributed by atoms with van der Waals surface area (Å²) in [4.78, 5) is 0. The summed E-state index contributed by atoms with van der Waals surface area (Å²) in [6.45, 7) is 3.89. The maximum Gasteiger partial charge on any atom is 0.177 e. The van der Waals surface area contributed by atoms with Crippen molar-refractivity contribution in [3.63, 3.8) is 0 Å². The quantitative estimate of drug-likeness (QED) is 0.834. The number of methoxy groups -OCH3 is 1. The second-order valence-electron chi connectivity index (χ2n) is 2.69. The standard InChI is InChI=1S/C10H11ClFNO/c1-7(11)6-13-9-5-3-4-8(12)10(9)14-2/h3-5,13H,1,6H2,2H3. The molecule has 76 valence electrons. The van der Waals surface area contributed by atoms with Crippen molar-refractivity contribution >= 4 is 17.3 Å². The van der Waals surface area contributed by atoms with Crippen molar-refractivity contribution in [2.75, 3.05) is 19.0 Å². The van der Waals surface area contributed by atoms with E-state index in [1.807, 2.05) is 0 Å². The summed E-state index contributed by atoms with van der Waals surface area (Å²) in [5.74, 6) is -0.219. The second kappa shape index (κ2) is 4.86. The number of anilines is 1. The van der Waals surface area contributed by atoms with Gasteiger partial charge in [0.05, 0.1) is 19.3 Å². The third-order valence-electron chi connectivity index (χ3n) is 1.64. The normalized spacial score (nSPS) is 9.64. The molecule has 0 spiro atoms. The number of benzene rings is 1. The third-order valence-corrected chi connectivity index (χ3v) is 1.78. The van der Waals surface area contributed by atoms with Crippen molar-refractivity contribution in [3.05, 3.63) is 35.6 Å². The first-order chi connectivity index (χ1) is 6.65. The fourth-order valence-electron chi connectivity index (χ4n) is 1.05. The zero-order valence-corrected chi connectivity index (χ0v) is 8.57. The van der Waals surface area contributed by atoms with Crippen LogP contribution in [-0.4, -0.2) is 13.7 Å². The lowest BCUT2D eigenvalue weighted by Gasteiger charge is -2.10. The SMILES string of the molecule is C=C(Cl)CNc1cccc(F)c1OC. The molecule has 1 N–H and O–H groups in total. The molecule has 0 unspecified atom stereocenters. The molecule has 1 aromatic rings. The molecule has 1 rings (SSSR count). The van der Waals surface area contributed by atoms with E-state index in [0.29, 0.717) is 17.3 Å². The molecule has 0 aliphatic rings. The predicted octanol–water partition coefficient (Wildman–Crippen LogP) is 3.00.